The van der Waals surface area contributed by atoms with Crippen LogP contribution < -0.4 is 15.0 Å². The summed E-state index contributed by atoms with van der Waals surface area (Å²) in [5, 5.41) is 14.0. The van der Waals surface area contributed by atoms with Crippen molar-refractivity contribution in [2.24, 2.45) is 0 Å². The molecule has 2 aromatic carbocycles. The third kappa shape index (κ3) is 4.55. The van der Waals surface area contributed by atoms with E-state index >= 15 is 0 Å². The van der Waals surface area contributed by atoms with E-state index in [9.17, 15) is 18.7 Å². The number of nitrogens with zero attached hydrogens (tertiary/aromatic N) is 1. The van der Waals surface area contributed by atoms with E-state index < -0.39 is 11.4 Å². The molecule has 2 aromatic rings. The highest BCUT2D eigenvalue weighted by Crippen LogP contribution is 2.36. The predicted molar refractivity (Wildman–Crippen MR) is 121 cm³/mol. The lowest BCUT2D eigenvalue weighted by Crippen LogP contribution is -2.48. The molecule has 2 aliphatic rings. The van der Waals surface area contributed by atoms with Crippen LogP contribution in [-0.2, 0) is 11.2 Å². The zero-order valence-corrected chi connectivity index (χ0v) is 18.9. The predicted octanol–water partition coefficient (Wildman–Crippen LogP) is 5.04. The largest absolute Gasteiger partial charge is 0.490 e. The van der Waals surface area contributed by atoms with Gasteiger partial charge in [0, 0.05) is 30.1 Å². The van der Waals surface area contributed by atoms with E-state index in [-0.39, 0.29) is 36.4 Å². The Hall–Kier alpha value is -2.38. The Morgan fingerprint density at radius 1 is 1.19 bits per heavy atom. The van der Waals surface area contributed by atoms with E-state index in [1.807, 2.05) is 18.7 Å². The molecule has 2 aliphatic heterocycles. The number of ether oxygens (including phenoxy) is 1. The smallest absolute Gasteiger partial charge is 0.224 e. The number of amides is 1. The van der Waals surface area contributed by atoms with Gasteiger partial charge in [-0.25, -0.2) is 8.78 Å². The molecular formula is C24H27ClF2N2O3. The van der Waals surface area contributed by atoms with Crippen molar-refractivity contribution >= 4 is 28.9 Å². The summed E-state index contributed by atoms with van der Waals surface area (Å²) in [4.78, 5) is 13.5. The van der Waals surface area contributed by atoms with Crippen molar-refractivity contribution in [2.45, 2.75) is 51.0 Å². The average molecular weight is 465 g/mol. The Balaban J connectivity index is 1.43. The van der Waals surface area contributed by atoms with E-state index in [2.05, 4.69) is 5.32 Å². The summed E-state index contributed by atoms with van der Waals surface area (Å²) in [6.07, 6.45) is 1.43. The second kappa shape index (κ2) is 8.87. The van der Waals surface area contributed by atoms with Gasteiger partial charge in [-0.05, 0) is 55.0 Å². The minimum Gasteiger partial charge on any atom is -0.490 e. The number of piperidine rings is 1. The highest BCUT2D eigenvalue weighted by Gasteiger charge is 2.35. The highest BCUT2D eigenvalue weighted by atomic mass is 35.5. The summed E-state index contributed by atoms with van der Waals surface area (Å²) < 4.78 is 34.5. The molecule has 172 valence electrons. The fraction of sp³-hybridized carbons (Fsp3) is 0.458. The van der Waals surface area contributed by atoms with Crippen molar-refractivity contribution in [3.05, 3.63) is 52.0 Å². The maximum Gasteiger partial charge on any atom is 0.224 e. The summed E-state index contributed by atoms with van der Waals surface area (Å²) in [7, 11) is 0. The van der Waals surface area contributed by atoms with E-state index in [0.29, 0.717) is 54.4 Å². The molecule has 32 heavy (non-hydrogen) atoms. The van der Waals surface area contributed by atoms with Gasteiger partial charge in [-0.2, -0.15) is 0 Å². The van der Waals surface area contributed by atoms with Gasteiger partial charge >= 0.3 is 0 Å². The zero-order chi connectivity index (χ0) is 23.0. The number of benzene rings is 2. The summed E-state index contributed by atoms with van der Waals surface area (Å²) in [5.41, 5.74) is 1.05. The topological polar surface area (TPSA) is 61.8 Å². The van der Waals surface area contributed by atoms with Crippen LogP contribution in [0.1, 0.15) is 50.2 Å². The van der Waals surface area contributed by atoms with Crippen LogP contribution in [0.25, 0.3) is 0 Å². The second-order valence-corrected chi connectivity index (χ2v) is 9.33. The normalized spacial score (nSPS) is 17.8. The zero-order valence-electron chi connectivity index (χ0n) is 18.2. The highest BCUT2D eigenvalue weighted by molar-refractivity contribution is 6.31. The summed E-state index contributed by atoms with van der Waals surface area (Å²) >= 11 is 6.19. The standard InChI is InChI=1S/C24H27ClF2N2O3/c1-14(2)16-11-20(19(27)12-17(16)25)29-9-7-24(31,8-10-29)13-32-21-5-4-18(26)23-15(21)3-6-22(30)28-23/h4-5,11-12,14,31H,3,6-10,13H2,1-2H3,(H,28,30). The fourth-order valence-corrected chi connectivity index (χ4v) is 4.69. The van der Waals surface area contributed by atoms with Gasteiger partial charge in [-0.1, -0.05) is 25.4 Å². The van der Waals surface area contributed by atoms with Gasteiger partial charge in [0.2, 0.25) is 5.91 Å². The molecule has 4 rings (SSSR count). The summed E-state index contributed by atoms with van der Waals surface area (Å²) in [6.45, 7) is 4.98. The van der Waals surface area contributed by atoms with Gasteiger partial charge in [0.1, 0.15) is 29.6 Å². The first-order valence-corrected chi connectivity index (χ1v) is 11.2. The summed E-state index contributed by atoms with van der Waals surface area (Å²) in [6, 6.07) is 5.93. The molecule has 0 saturated carbocycles. The molecule has 5 nitrogen and oxygen atoms in total. The fourth-order valence-electron chi connectivity index (χ4n) is 4.32. The van der Waals surface area contributed by atoms with Crippen molar-refractivity contribution in [3.8, 4) is 5.75 Å². The molecule has 0 radical (unpaired) electrons. The van der Waals surface area contributed by atoms with Crippen molar-refractivity contribution in [2.75, 3.05) is 29.9 Å². The van der Waals surface area contributed by atoms with Crippen molar-refractivity contribution in [3.63, 3.8) is 0 Å². The maximum atomic E-state index is 14.6. The molecule has 0 atom stereocenters. The van der Waals surface area contributed by atoms with E-state index in [1.54, 1.807) is 6.07 Å². The molecule has 1 saturated heterocycles. The molecule has 1 fully saturated rings. The van der Waals surface area contributed by atoms with Crippen molar-refractivity contribution < 1.29 is 23.4 Å². The first kappa shape index (κ1) is 22.8. The molecule has 2 heterocycles. The average Bonchev–Trinajstić information content (AvgIpc) is 2.74. The molecule has 2 N–H and O–H groups in total. The van der Waals surface area contributed by atoms with Crippen LogP contribution in [0.5, 0.6) is 5.75 Å². The lowest BCUT2D eigenvalue weighted by molar-refractivity contribution is -0.116. The maximum absolute atomic E-state index is 14.6. The van der Waals surface area contributed by atoms with Gasteiger partial charge in [0.25, 0.3) is 0 Å². The van der Waals surface area contributed by atoms with Gasteiger partial charge in [-0.3, -0.25) is 4.79 Å². The van der Waals surface area contributed by atoms with Crippen LogP contribution in [0.3, 0.4) is 0 Å². The van der Waals surface area contributed by atoms with Gasteiger partial charge < -0.3 is 20.1 Å². The van der Waals surface area contributed by atoms with Crippen molar-refractivity contribution in [1.82, 2.24) is 0 Å². The number of aliphatic hydroxyl groups is 1. The molecule has 0 aromatic heterocycles. The van der Waals surface area contributed by atoms with Gasteiger partial charge in [0.15, 0.2) is 0 Å². The number of rotatable bonds is 5. The Morgan fingerprint density at radius 3 is 2.59 bits per heavy atom. The Bertz CT molecular complexity index is 1040. The Morgan fingerprint density at radius 2 is 1.91 bits per heavy atom. The third-order valence-electron chi connectivity index (χ3n) is 6.30. The third-order valence-corrected chi connectivity index (χ3v) is 6.63. The second-order valence-electron chi connectivity index (χ2n) is 8.93. The number of hydrogen-bond acceptors (Lipinski definition) is 4. The minimum absolute atomic E-state index is 0.0349. The van der Waals surface area contributed by atoms with Crippen LogP contribution in [0, 0.1) is 11.6 Å². The monoisotopic (exact) mass is 464 g/mol. The van der Waals surface area contributed by atoms with Crippen LogP contribution in [0.2, 0.25) is 5.02 Å². The van der Waals surface area contributed by atoms with Crippen LogP contribution in [0.4, 0.5) is 20.2 Å². The first-order valence-electron chi connectivity index (χ1n) is 10.9. The number of halogens is 3. The van der Waals surface area contributed by atoms with Gasteiger partial charge in [0.05, 0.1) is 11.4 Å². The molecule has 0 bridgehead atoms. The molecule has 0 aliphatic carbocycles. The SMILES string of the molecule is CC(C)c1cc(N2CCC(O)(COc3ccc(F)c4c3CCC(=O)N4)CC2)c(F)cc1Cl. The van der Waals surface area contributed by atoms with Gasteiger partial charge in [-0.15, -0.1) is 0 Å². The quantitative estimate of drug-likeness (QED) is 0.651. The Kier molecular flexibility index (Phi) is 6.32. The van der Waals surface area contributed by atoms with E-state index in [4.69, 9.17) is 16.3 Å². The number of nitrogens with one attached hydrogen (secondary N) is 1. The molecule has 1 amide bonds. The lowest BCUT2D eigenvalue weighted by Gasteiger charge is -2.39. The summed E-state index contributed by atoms with van der Waals surface area (Å²) in [5.74, 6) is -0.472. The van der Waals surface area contributed by atoms with Crippen LogP contribution in [-0.4, -0.2) is 36.3 Å². The molecule has 8 heteroatoms. The number of fused-ring (bicyclic) bond motifs is 1. The number of carbonyl (C=O) groups is 1. The molecule has 0 spiro atoms. The van der Waals surface area contributed by atoms with E-state index in [1.165, 1.54) is 18.2 Å². The Labute approximate surface area is 191 Å². The molecular weight excluding hydrogens is 438 g/mol. The van der Waals surface area contributed by atoms with Crippen molar-refractivity contribution in [1.29, 1.82) is 0 Å². The first-order chi connectivity index (χ1) is 15.2. The van der Waals surface area contributed by atoms with Crippen LogP contribution in [0.15, 0.2) is 24.3 Å². The van der Waals surface area contributed by atoms with Crippen LogP contribution >= 0.6 is 11.6 Å². The minimum atomic E-state index is -1.08. The number of anilines is 2. The lowest BCUT2D eigenvalue weighted by atomic mass is 9.91. The molecule has 0 unspecified atom stereocenters. The number of carbonyl (C=O) groups excluding carboxylic acids is 1. The number of hydrogen-bond donors (Lipinski definition) is 2. The van der Waals surface area contributed by atoms with E-state index in [0.717, 1.165) is 5.56 Å².